The summed E-state index contributed by atoms with van der Waals surface area (Å²) in [6.45, 7) is 8.96. The summed E-state index contributed by atoms with van der Waals surface area (Å²) in [6, 6.07) is 1.18. The Labute approximate surface area is 90.3 Å². The summed E-state index contributed by atoms with van der Waals surface area (Å²) in [5, 5.41) is 0. The first-order valence-corrected chi connectivity index (χ1v) is 6.66. The predicted octanol–water partition coefficient (Wildman–Crippen LogP) is 3.57. The molecular weight excluding hydrogens is 193 g/mol. The topological polar surface area (TPSA) is 12.5 Å². The smallest absolute Gasteiger partial charge is 0.0898 e. The fourth-order valence-corrected chi connectivity index (χ4v) is 2.88. The lowest BCUT2D eigenvalue weighted by molar-refractivity contribution is 0.204. The van der Waals surface area contributed by atoms with E-state index < -0.39 is 0 Å². The van der Waals surface area contributed by atoms with E-state index in [1.54, 1.807) is 0 Å². The molecule has 1 fully saturated rings. The van der Waals surface area contributed by atoms with Crippen molar-refractivity contribution in [3.05, 3.63) is 0 Å². The van der Waals surface area contributed by atoms with Crippen LogP contribution in [0.5, 0.6) is 0 Å². The van der Waals surface area contributed by atoms with Crippen molar-refractivity contribution in [3.8, 4) is 0 Å². The third-order valence-corrected chi connectivity index (χ3v) is 4.42. The minimum Gasteiger partial charge on any atom is -0.343 e. The molecule has 0 spiro atoms. The van der Waals surface area contributed by atoms with E-state index in [0.717, 1.165) is 0 Å². The van der Waals surface area contributed by atoms with Gasteiger partial charge in [0.2, 0.25) is 0 Å². The first-order valence-electron chi connectivity index (χ1n) is 5.81. The predicted molar refractivity (Wildman–Crippen MR) is 63.8 cm³/mol. The fraction of sp³-hybridized carbons (Fsp3) is 1.00. The highest BCUT2D eigenvalue weighted by molar-refractivity contribution is 7.29. The molecule has 0 amide bonds. The lowest BCUT2D eigenvalue weighted by Crippen LogP contribution is -2.30. The van der Waals surface area contributed by atoms with Crippen LogP contribution in [0.2, 0.25) is 0 Å². The van der Waals surface area contributed by atoms with Crippen LogP contribution in [0.3, 0.4) is 0 Å². The van der Waals surface area contributed by atoms with Crippen LogP contribution >= 0.6 is 8.96 Å². The highest BCUT2D eigenvalue weighted by Crippen LogP contribution is 2.32. The van der Waals surface area contributed by atoms with E-state index in [0.29, 0.717) is 27.1 Å². The summed E-state index contributed by atoms with van der Waals surface area (Å²) in [5.74, 6) is 0. The van der Waals surface area contributed by atoms with Gasteiger partial charge in [-0.1, -0.05) is 12.8 Å². The van der Waals surface area contributed by atoms with Crippen molar-refractivity contribution in [1.29, 1.82) is 0 Å². The molecular formula is C11H24NOP. The lowest BCUT2D eigenvalue weighted by atomic mass is 10.3. The molecule has 3 heteroatoms. The molecule has 84 valence electrons. The monoisotopic (exact) mass is 217 g/mol. The van der Waals surface area contributed by atoms with E-state index in [2.05, 4.69) is 32.4 Å². The SMILES string of the molecule is CC(C)N(POC1CCCC1)C(C)C. The average Bonchev–Trinajstić information content (AvgIpc) is 2.55. The molecule has 0 radical (unpaired) electrons. The Morgan fingerprint density at radius 3 is 2.00 bits per heavy atom. The normalized spacial score (nSPS) is 19.9. The van der Waals surface area contributed by atoms with Crippen LogP contribution in [0, 0.1) is 0 Å². The van der Waals surface area contributed by atoms with Gasteiger partial charge >= 0.3 is 0 Å². The molecule has 1 atom stereocenters. The Kier molecular flexibility index (Phi) is 5.36. The van der Waals surface area contributed by atoms with Gasteiger partial charge in [-0.3, -0.25) is 4.67 Å². The molecule has 0 saturated heterocycles. The zero-order chi connectivity index (χ0) is 10.6. The zero-order valence-corrected chi connectivity index (χ0v) is 10.9. The van der Waals surface area contributed by atoms with Gasteiger partial charge in [-0.05, 0) is 40.5 Å². The van der Waals surface area contributed by atoms with E-state index in [9.17, 15) is 0 Å². The van der Waals surface area contributed by atoms with Crippen molar-refractivity contribution in [2.24, 2.45) is 0 Å². The van der Waals surface area contributed by atoms with Crippen molar-refractivity contribution in [2.45, 2.75) is 71.6 Å². The summed E-state index contributed by atoms with van der Waals surface area (Å²) in [7, 11) is 0.551. The van der Waals surface area contributed by atoms with Crippen molar-refractivity contribution in [2.75, 3.05) is 0 Å². The molecule has 1 unspecified atom stereocenters. The first-order chi connectivity index (χ1) is 6.61. The van der Waals surface area contributed by atoms with E-state index in [1.165, 1.54) is 25.7 Å². The van der Waals surface area contributed by atoms with Gasteiger partial charge in [0, 0.05) is 12.1 Å². The van der Waals surface area contributed by atoms with Gasteiger partial charge in [0.15, 0.2) is 0 Å². The largest absolute Gasteiger partial charge is 0.343 e. The number of rotatable bonds is 5. The number of nitrogens with zero attached hydrogens (tertiary/aromatic N) is 1. The average molecular weight is 217 g/mol. The molecule has 0 aliphatic heterocycles. The molecule has 0 aromatic rings. The summed E-state index contributed by atoms with van der Waals surface area (Å²) in [6.07, 6.45) is 5.82. The van der Waals surface area contributed by atoms with Gasteiger partial charge in [0.05, 0.1) is 15.1 Å². The van der Waals surface area contributed by atoms with E-state index in [-0.39, 0.29) is 0 Å². The Hall–Kier alpha value is 0.350. The third-order valence-electron chi connectivity index (χ3n) is 2.74. The number of hydrogen-bond donors (Lipinski definition) is 0. The van der Waals surface area contributed by atoms with E-state index in [4.69, 9.17) is 4.52 Å². The van der Waals surface area contributed by atoms with Crippen LogP contribution in [-0.4, -0.2) is 22.9 Å². The van der Waals surface area contributed by atoms with Crippen molar-refractivity contribution in [1.82, 2.24) is 4.67 Å². The zero-order valence-electron chi connectivity index (χ0n) is 9.92. The van der Waals surface area contributed by atoms with Gasteiger partial charge in [-0.2, -0.15) is 0 Å². The Bertz CT molecular complexity index is 147. The molecule has 2 nitrogen and oxygen atoms in total. The second-order valence-electron chi connectivity index (χ2n) is 4.71. The van der Waals surface area contributed by atoms with E-state index in [1.807, 2.05) is 0 Å². The maximum absolute atomic E-state index is 5.94. The van der Waals surface area contributed by atoms with E-state index >= 15 is 0 Å². The van der Waals surface area contributed by atoms with Crippen LogP contribution in [0.4, 0.5) is 0 Å². The molecule has 1 rings (SSSR count). The van der Waals surface area contributed by atoms with Gasteiger partial charge < -0.3 is 4.52 Å². The molecule has 14 heavy (non-hydrogen) atoms. The van der Waals surface area contributed by atoms with Crippen LogP contribution in [0.1, 0.15) is 53.4 Å². The minimum atomic E-state index is 0.549. The third kappa shape index (κ3) is 3.84. The maximum atomic E-state index is 5.94. The van der Waals surface area contributed by atoms with Crippen molar-refractivity contribution < 1.29 is 4.52 Å². The summed E-state index contributed by atoms with van der Waals surface area (Å²) in [4.78, 5) is 0. The standard InChI is InChI=1S/C11H24NOP/c1-9(2)12(10(3)4)14-13-11-7-5-6-8-11/h9-11,14H,5-8H2,1-4H3. The molecule has 0 bridgehead atoms. The molecule has 1 aliphatic rings. The van der Waals surface area contributed by atoms with Crippen molar-refractivity contribution >= 4 is 8.96 Å². The minimum absolute atomic E-state index is 0.549. The van der Waals surface area contributed by atoms with Gasteiger partial charge in [-0.25, -0.2) is 0 Å². The Morgan fingerprint density at radius 1 is 1.07 bits per heavy atom. The quantitative estimate of drug-likeness (QED) is 0.653. The molecule has 0 N–H and O–H groups in total. The van der Waals surface area contributed by atoms with Crippen LogP contribution in [0.15, 0.2) is 0 Å². The van der Waals surface area contributed by atoms with Gasteiger partial charge in [0.25, 0.3) is 0 Å². The fourth-order valence-electron chi connectivity index (χ4n) is 1.95. The highest BCUT2D eigenvalue weighted by atomic mass is 31.1. The van der Waals surface area contributed by atoms with Gasteiger partial charge in [0.1, 0.15) is 0 Å². The Morgan fingerprint density at radius 2 is 1.57 bits per heavy atom. The summed E-state index contributed by atoms with van der Waals surface area (Å²) in [5.41, 5.74) is 0. The lowest BCUT2D eigenvalue weighted by Gasteiger charge is -2.30. The van der Waals surface area contributed by atoms with Crippen molar-refractivity contribution in [3.63, 3.8) is 0 Å². The second-order valence-corrected chi connectivity index (χ2v) is 5.65. The van der Waals surface area contributed by atoms with Crippen LogP contribution in [0.25, 0.3) is 0 Å². The highest BCUT2D eigenvalue weighted by Gasteiger charge is 2.19. The molecule has 1 saturated carbocycles. The Balaban J connectivity index is 2.25. The second kappa shape index (κ2) is 6.05. The van der Waals surface area contributed by atoms with Crippen LogP contribution in [-0.2, 0) is 4.52 Å². The summed E-state index contributed by atoms with van der Waals surface area (Å²) < 4.78 is 8.37. The molecule has 0 heterocycles. The first kappa shape index (κ1) is 12.4. The van der Waals surface area contributed by atoms with Gasteiger partial charge in [-0.15, -0.1) is 0 Å². The molecule has 0 aromatic carbocycles. The maximum Gasteiger partial charge on any atom is 0.0898 e. The number of hydrogen-bond acceptors (Lipinski definition) is 2. The van der Waals surface area contributed by atoms with Crippen LogP contribution < -0.4 is 0 Å². The summed E-state index contributed by atoms with van der Waals surface area (Å²) >= 11 is 0. The molecule has 1 aliphatic carbocycles. The molecule has 0 aromatic heterocycles.